The van der Waals surface area contributed by atoms with Crippen LogP contribution in [0.25, 0.3) is 0 Å². The predicted molar refractivity (Wildman–Crippen MR) is 179 cm³/mol. The summed E-state index contributed by atoms with van der Waals surface area (Å²) >= 11 is 0. The summed E-state index contributed by atoms with van der Waals surface area (Å²) in [5.41, 5.74) is 2.90. The van der Waals surface area contributed by atoms with Crippen LogP contribution in [0.2, 0.25) is 0 Å². The lowest BCUT2D eigenvalue weighted by Gasteiger charge is -2.49. The highest BCUT2D eigenvalue weighted by Gasteiger charge is 2.81. The molecule has 0 aromatic heterocycles. The van der Waals surface area contributed by atoms with Crippen molar-refractivity contribution in [3.63, 3.8) is 0 Å². The molecule has 1 aromatic rings. The van der Waals surface area contributed by atoms with E-state index in [0.29, 0.717) is 17.6 Å². The average Bonchev–Trinajstić information content (AvgIpc) is 3.36. The van der Waals surface area contributed by atoms with E-state index in [0.717, 1.165) is 63.2 Å². The van der Waals surface area contributed by atoms with E-state index in [1.165, 1.54) is 48.8 Å². The smallest absolute Gasteiger partial charge is 0.460 e. The van der Waals surface area contributed by atoms with E-state index < -0.39 is 48.2 Å². The second-order valence-corrected chi connectivity index (χ2v) is 15.1. The lowest BCUT2D eigenvalue weighted by atomic mass is 9.55. The van der Waals surface area contributed by atoms with Crippen molar-refractivity contribution in [2.45, 2.75) is 153 Å². The Hall–Kier alpha value is -2.93. The minimum atomic E-state index is -6.96. The first-order valence-electron chi connectivity index (χ1n) is 18.0. The van der Waals surface area contributed by atoms with Crippen molar-refractivity contribution in [1.82, 2.24) is 0 Å². The fourth-order valence-electron chi connectivity index (χ4n) is 8.28. The zero-order valence-corrected chi connectivity index (χ0v) is 30.1. The summed E-state index contributed by atoms with van der Waals surface area (Å²) in [6.07, 6.45) is 2.77. The average molecular weight is 761 g/mol. The van der Waals surface area contributed by atoms with Crippen LogP contribution in [0.3, 0.4) is 0 Å². The summed E-state index contributed by atoms with van der Waals surface area (Å²) in [5.74, 6) is -18.2. The first kappa shape index (κ1) is 45.2. The van der Waals surface area contributed by atoms with Gasteiger partial charge in [-0.05, 0) is 105 Å². The lowest BCUT2D eigenvalue weighted by Crippen LogP contribution is -2.61. The quantitative estimate of drug-likeness (QED) is 0.0760. The van der Waals surface area contributed by atoms with Gasteiger partial charge in [0, 0.05) is 6.42 Å². The number of aryl methyl sites for hydroxylation is 1. The fraction of sp³-hybridized carbons (Fsp3) is 0.737. The van der Waals surface area contributed by atoms with Crippen molar-refractivity contribution in [2.24, 2.45) is 22.7 Å². The molecule has 5 atom stereocenters. The molecule has 3 N–H and O–H groups in total. The number of alkyl halides is 9. The van der Waals surface area contributed by atoms with Gasteiger partial charge in [0.1, 0.15) is 5.75 Å². The van der Waals surface area contributed by atoms with E-state index in [-0.39, 0.29) is 19.3 Å². The molecule has 5 unspecified atom stereocenters. The van der Waals surface area contributed by atoms with Crippen molar-refractivity contribution in [3.05, 3.63) is 41.5 Å². The van der Waals surface area contributed by atoms with E-state index in [4.69, 9.17) is 9.90 Å². The standard InChI is InChI=1S/C19H24O.C18H27F9O2.CH2O2/c1-12-3-8-18-17-6-4-13-11-14(20)5-7-15(13)16(17)9-10-19(12,18)2;1-3-4-5-6-7-8-9-10-14(2,13(28)29)11-12-15(19,20)16(21,22)17(23,24)18(25,26)27;2-1-3/h5,7,11,16-18,20H,1,3-4,6,8-10H2,2H3;3-12H2,1-2H3,(H,28,29);1H,(H,2,3). The molecule has 5 nitrogen and oxygen atoms in total. The topological polar surface area (TPSA) is 94.8 Å². The van der Waals surface area contributed by atoms with Gasteiger partial charge >= 0.3 is 29.9 Å². The van der Waals surface area contributed by atoms with Crippen LogP contribution in [0.5, 0.6) is 5.75 Å². The first-order chi connectivity index (χ1) is 24.0. The van der Waals surface area contributed by atoms with Gasteiger partial charge < -0.3 is 15.3 Å². The van der Waals surface area contributed by atoms with E-state index in [1.54, 1.807) is 0 Å². The summed E-state index contributed by atoms with van der Waals surface area (Å²) in [7, 11) is 0. The molecule has 0 spiro atoms. The SMILES string of the molecule is C=C1CCC2C3CCc4cc(O)ccc4C3CCC12C.CCCCCCCCCC(C)(CCC(F)(F)C(F)(F)C(F)(F)C(F)(F)F)C(=O)O.O=CO. The second-order valence-electron chi connectivity index (χ2n) is 15.1. The number of hydrogen-bond acceptors (Lipinski definition) is 3. The van der Waals surface area contributed by atoms with Crippen LogP contribution in [0.1, 0.15) is 134 Å². The van der Waals surface area contributed by atoms with E-state index in [2.05, 4.69) is 19.6 Å². The number of allylic oxidation sites excluding steroid dienone is 1. The van der Waals surface area contributed by atoms with Gasteiger partial charge in [-0.2, -0.15) is 39.5 Å². The summed E-state index contributed by atoms with van der Waals surface area (Å²) < 4.78 is 116. The Balaban J connectivity index is 0.000000349. The molecule has 14 heteroatoms. The number of carboxylic acids is 1. The summed E-state index contributed by atoms with van der Waals surface area (Å²) in [4.78, 5) is 19.7. The molecule has 4 rings (SSSR count). The number of phenols is 1. The van der Waals surface area contributed by atoms with E-state index in [9.17, 15) is 54.5 Å². The molecule has 3 aliphatic carbocycles. The number of carbonyl (C=O) groups is 2. The number of hydrogen-bond donors (Lipinski definition) is 3. The fourth-order valence-corrected chi connectivity index (χ4v) is 8.28. The van der Waals surface area contributed by atoms with Gasteiger partial charge in [0.05, 0.1) is 5.41 Å². The zero-order valence-electron chi connectivity index (χ0n) is 30.1. The molecular weight excluding hydrogens is 707 g/mol. The number of rotatable bonds is 14. The van der Waals surface area contributed by atoms with Gasteiger partial charge in [-0.1, -0.05) is 77.0 Å². The monoisotopic (exact) mass is 760 g/mol. The van der Waals surface area contributed by atoms with Gasteiger partial charge in [0.15, 0.2) is 0 Å². The molecule has 2 saturated carbocycles. The molecular formula is C38H53F9O5. The van der Waals surface area contributed by atoms with Crippen LogP contribution in [-0.4, -0.2) is 51.7 Å². The van der Waals surface area contributed by atoms with Gasteiger partial charge in [0.25, 0.3) is 6.47 Å². The number of aliphatic carboxylic acids is 1. The Kier molecular flexibility index (Phi) is 15.6. The Morgan fingerprint density at radius 3 is 2.02 bits per heavy atom. The van der Waals surface area contributed by atoms with Crippen LogP contribution < -0.4 is 0 Å². The minimum Gasteiger partial charge on any atom is -0.508 e. The number of phenolic OH excluding ortho intramolecular Hbond substituents is 1. The normalized spacial score (nSPS) is 24.2. The van der Waals surface area contributed by atoms with Crippen molar-refractivity contribution in [2.75, 3.05) is 0 Å². The zero-order chi connectivity index (χ0) is 39.8. The largest absolute Gasteiger partial charge is 0.508 e. The minimum absolute atomic E-state index is 0.187. The molecule has 0 aliphatic heterocycles. The van der Waals surface area contributed by atoms with Crippen LogP contribution >= 0.6 is 0 Å². The van der Waals surface area contributed by atoms with Crippen molar-refractivity contribution in [1.29, 1.82) is 0 Å². The number of aromatic hydroxyl groups is 1. The Morgan fingerprint density at radius 2 is 1.46 bits per heavy atom. The molecule has 52 heavy (non-hydrogen) atoms. The Labute approximate surface area is 300 Å². The van der Waals surface area contributed by atoms with Crippen LogP contribution in [0.15, 0.2) is 30.4 Å². The second kappa shape index (κ2) is 17.9. The Bertz CT molecular complexity index is 1350. The molecule has 1 aromatic carbocycles. The molecule has 0 amide bonds. The maximum absolute atomic E-state index is 13.7. The molecule has 0 saturated heterocycles. The third-order valence-corrected chi connectivity index (χ3v) is 11.7. The molecule has 0 radical (unpaired) electrons. The number of fused-ring (bicyclic) bond motifs is 5. The van der Waals surface area contributed by atoms with Crippen molar-refractivity contribution in [3.8, 4) is 5.75 Å². The molecule has 298 valence electrons. The van der Waals surface area contributed by atoms with Gasteiger partial charge in [-0.3, -0.25) is 9.59 Å². The maximum Gasteiger partial charge on any atom is 0.460 e. The summed E-state index contributed by atoms with van der Waals surface area (Å²) in [6, 6.07) is 6.06. The van der Waals surface area contributed by atoms with Crippen molar-refractivity contribution >= 4 is 12.4 Å². The summed E-state index contributed by atoms with van der Waals surface area (Å²) in [6.45, 7) is 9.59. The molecule has 2 fully saturated rings. The first-order valence-corrected chi connectivity index (χ1v) is 18.0. The van der Waals surface area contributed by atoms with Crippen LogP contribution in [-0.2, 0) is 16.0 Å². The number of carboxylic acid groups (broad SMARTS) is 2. The highest BCUT2D eigenvalue weighted by Crippen LogP contribution is 2.62. The highest BCUT2D eigenvalue weighted by atomic mass is 19.4. The summed E-state index contributed by atoms with van der Waals surface area (Å²) in [5, 5.41) is 25.8. The highest BCUT2D eigenvalue weighted by molar-refractivity contribution is 5.74. The van der Waals surface area contributed by atoms with Crippen LogP contribution in [0.4, 0.5) is 39.5 Å². The number of unbranched alkanes of at least 4 members (excludes halogenated alkanes) is 6. The number of benzene rings is 1. The molecule has 0 heterocycles. The van der Waals surface area contributed by atoms with E-state index in [1.807, 2.05) is 19.1 Å². The van der Waals surface area contributed by atoms with Gasteiger partial charge in [0.2, 0.25) is 0 Å². The predicted octanol–water partition coefficient (Wildman–Crippen LogP) is 12.0. The van der Waals surface area contributed by atoms with Gasteiger partial charge in [-0.15, -0.1) is 0 Å². The third-order valence-electron chi connectivity index (χ3n) is 11.7. The lowest BCUT2D eigenvalue weighted by molar-refractivity contribution is -0.397. The van der Waals surface area contributed by atoms with Gasteiger partial charge in [-0.25, -0.2) is 0 Å². The molecule has 3 aliphatic rings. The molecule has 0 bridgehead atoms. The van der Waals surface area contributed by atoms with Crippen molar-refractivity contribution < 1.29 is 64.4 Å². The number of halogens is 9. The third kappa shape index (κ3) is 9.98. The van der Waals surface area contributed by atoms with Crippen LogP contribution in [0, 0.1) is 22.7 Å². The van der Waals surface area contributed by atoms with E-state index >= 15 is 0 Å². The Morgan fingerprint density at radius 1 is 0.885 bits per heavy atom. The maximum atomic E-state index is 13.7.